The summed E-state index contributed by atoms with van der Waals surface area (Å²) in [5.74, 6) is 0.108. The Morgan fingerprint density at radius 2 is 2.24 bits per heavy atom. The molecular weight excluding hydrogens is 248 g/mol. The highest BCUT2D eigenvalue weighted by Gasteiger charge is 2.22. The van der Waals surface area contributed by atoms with Crippen molar-refractivity contribution in [2.24, 2.45) is 0 Å². The topological polar surface area (TPSA) is 90.2 Å². The third-order valence-electron chi connectivity index (χ3n) is 2.01. The predicted octanol–water partition coefficient (Wildman–Crippen LogP) is 1.79. The van der Waals surface area contributed by atoms with E-state index in [1.807, 2.05) is 6.92 Å². The summed E-state index contributed by atoms with van der Waals surface area (Å²) in [6.45, 7) is 3.73. The van der Waals surface area contributed by atoms with Gasteiger partial charge in [-0.1, -0.05) is 0 Å². The summed E-state index contributed by atoms with van der Waals surface area (Å²) in [4.78, 5) is 17.9. The maximum absolute atomic E-state index is 10.9. The van der Waals surface area contributed by atoms with Crippen molar-refractivity contribution in [3.63, 3.8) is 0 Å². The van der Waals surface area contributed by atoms with Gasteiger partial charge >= 0.3 is 5.69 Å². The van der Waals surface area contributed by atoms with Crippen molar-refractivity contribution in [3.8, 4) is 0 Å². The molecule has 8 heteroatoms. The van der Waals surface area contributed by atoms with Gasteiger partial charge < -0.3 is 10.1 Å². The van der Waals surface area contributed by atoms with Crippen molar-refractivity contribution >= 4 is 23.1 Å². The zero-order valence-corrected chi connectivity index (χ0v) is 10.5. The first-order chi connectivity index (χ1) is 7.95. The number of nitrogens with zero attached hydrogens (tertiary/aromatic N) is 3. The fourth-order valence-electron chi connectivity index (χ4n) is 1.38. The van der Waals surface area contributed by atoms with E-state index in [4.69, 9.17) is 16.3 Å². The van der Waals surface area contributed by atoms with Crippen LogP contribution in [0.1, 0.15) is 12.6 Å². The van der Waals surface area contributed by atoms with Crippen LogP contribution in [0.4, 0.5) is 11.5 Å². The molecule has 0 aliphatic carbocycles. The number of aromatic nitrogens is 2. The summed E-state index contributed by atoms with van der Waals surface area (Å²) in [5, 5.41) is 13.7. The Bertz CT molecular complexity index is 427. The first-order valence-corrected chi connectivity index (χ1v) is 5.27. The Kier molecular flexibility index (Phi) is 4.59. The maximum atomic E-state index is 10.9. The molecule has 1 atom stereocenters. The third kappa shape index (κ3) is 3.50. The van der Waals surface area contributed by atoms with E-state index in [0.29, 0.717) is 6.61 Å². The van der Waals surface area contributed by atoms with Crippen LogP contribution in [0.5, 0.6) is 0 Å². The minimum absolute atomic E-state index is 0.0276. The van der Waals surface area contributed by atoms with Gasteiger partial charge in [0.1, 0.15) is 5.69 Å². The number of aryl methyl sites for hydroxylation is 1. The average molecular weight is 261 g/mol. The normalized spacial score (nSPS) is 12.2. The number of ether oxygens (including phenoxy) is 1. The van der Waals surface area contributed by atoms with E-state index in [9.17, 15) is 10.1 Å². The monoisotopic (exact) mass is 260 g/mol. The smallest absolute Gasteiger partial charge is 0.332 e. The lowest BCUT2D eigenvalue weighted by Gasteiger charge is -2.13. The van der Waals surface area contributed by atoms with Gasteiger partial charge in [-0.3, -0.25) is 10.1 Å². The van der Waals surface area contributed by atoms with Gasteiger partial charge in [0.15, 0.2) is 0 Å². The molecule has 1 aromatic rings. The van der Waals surface area contributed by atoms with E-state index in [-0.39, 0.29) is 28.5 Å². The molecule has 0 bridgehead atoms. The molecule has 0 saturated heterocycles. The van der Waals surface area contributed by atoms with Crippen LogP contribution in [-0.2, 0) is 4.74 Å². The molecular formula is C9H13ClN4O3. The fraction of sp³-hybridized carbons (Fsp3) is 0.556. The summed E-state index contributed by atoms with van der Waals surface area (Å²) in [5.41, 5.74) is 0.0551. The number of halogens is 1. The number of nitro groups is 1. The number of hydrogen-bond acceptors (Lipinski definition) is 6. The highest BCUT2D eigenvalue weighted by Crippen LogP contribution is 2.26. The molecule has 0 radical (unpaired) electrons. The Hall–Kier alpha value is -1.47. The van der Waals surface area contributed by atoms with Crippen LogP contribution in [0.2, 0.25) is 5.28 Å². The Morgan fingerprint density at radius 3 is 2.76 bits per heavy atom. The van der Waals surface area contributed by atoms with Gasteiger partial charge in [-0.15, -0.1) is 0 Å². The van der Waals surface area contributed by atoms with E-state index in [1.54, 1.807) is 7.11 Å². The van der Waals surface area contributed by atoms with Crippen LogP contribution < -0.4 is 5.32 Å². The molecule has 1 heterocycles. The van der Waals surface area contributed by atoms with Crippen molar-refractivity contribution in [2.75, 3.05) is 19.0 Å². The van der Waals surface area contributed by atoms with Crippen molar-refractivity contribution < 1.29 is 9.66 Å². The van der Waals surface area contributed by atoms with Crippen molar-refractivity contribution in [1.82, 2.24) is 9.97 Å². The summed E-state index contributed by atoms with van der Waals surface area (Å²) >= 11 is 5.67. The van der Waals surface area contributed by atoms with Crippen LogP contribution >= 0.6 is 11.6 Å². The van der Waals surface area contributed by atoms with E-state index in [2.05, 4.69) is 15.3 Å². The van der Waals surface area contributed by atoms with Gasteiger partial charge in [0.25, 0.3) is 0 Å². The molecule has 17 heavy (non-hydrogen) atoms. The molecule has 0 unspecified atom stereocenters. The zero-order chi connectivity index (χ0) is 13.0. The lowest BCUT2D eigenvalue weighted by molar-refractivity contribution is -0.385. The molecule has 0 amide bonds. The number of rotatable bonds is 5. The SMILES string of the molecule is COC[C@@H](C)Nc1nc(Cl)nc(C)c1[N+](=O)[O-]. The minimum atomic E-state index is -0.534. The molecule has 0 aliphatic rings. The van der Waals surface area contributed by atoms with E-state index in [0.717, 1.165) is 0 Å². The molecule has 0 fully saturated rings. The van der Waals surface area contributed by atoms with Gasteiger partial charge in [0, 0.05) is 13.2 Å². The molecule has 0 aromatic carbocycles. The van der Waals surface area contributed by atoms with Crippen LogP contribution in [0.3, 0.4) is 0 Å². The van der Waals surface area contributed by atoms with Gasteiger partial charge in [0.2, 0.25) is 11.1 Å². The highest BCUT2D eigenvalue weighted by molar-refractivity contribution is 6.28. The van der Waals surface area contributed by atoms with E-state index < -0.39 is 4.92 Å². The van der Waals surface area contributed by atoms with Crippen LogP contribution in [0.15, 0.2) is 0 Å². The number of methoxy groups -OCH3 is 1. The van der Waals surface area contributed by atoms with Crippen LogP contribution in [0.25, 0.3) is 0 Å². The highest BCUT2D eigenvalue weighted by atomic mass is 35.5. The first-order valence-electron chi connectivity index (χ1n) is 4.89. The number of hydrogen-bond donors (Lipinski definition) is 1. The van der Waals surface area contributed by atoms with E-state index >= 15 is 0 Å². The summed E-state index contributed by atoms with van der Waals surface area (Å²) in [6, 6.07) is -0.121. The standard InChI is InChI=1S/C9H13ClN4O3/c1-5(4-17-3)11-8-7(14(15)16)6(2)12-9(10)13-8/h5H,4H2,1-3H3,(H,11,12,13)/t5-/m1/s1. The number of nitrogens with one attached hydrogen (secondary N) is 1. The summed E-state index contributed by atoms with van der Waals surface area (Å²) < 4.78 is 4.93. The van der Waals surface area contributed by atoms with Crippen LogP contribution in [-0.4, -0.2) is 34.6 Å². The molecule has 0 aliphatic heterocycles. The third-order valence-corrected chi connectivity index (χ3v) is 2.18. The molecule has 1 rings (SSSR count). The average Bonchev–Trinajstić information content (AvgIpc) is 2.15. The first kappa shape index (κ1) is 13.6. The van der Waals surface area contributed by atoms with Gasteiger partial charge in [0.05, 0.1) is 11.5 Å². The summed E-state index contributed by atoms with van der Waals surface area (Å²) in [6.07, 6.45) is 0. The second-order valence-corrected chi connectivity index (χ2v) is 3.87. The minimum Gasteiger partial charge on any atom is -0.383 e. The Labute approximate surface area is 103 Å². The maximum Gasteiger partial charge on any atom is 0.332 e. The molecule has 0 spiro atoms. The quantitative estimate of drug-likeness (QED) is 0.493. The number of anilines is 1. The van der Waals surface area contributed by atoms with Gasteiger partial charge in [-0.25, -0.2) is 4.98 Å². The zero-order valence-electron chi connectivity index (χ0n) is 9.73. The molecule has 7 nitrogen and oxygen atoms in total. The Balaban J connectivity index is 3.08. The van der Waals surface area contributed by atoms with Gasteiger partial charge in [-0.05, 0) is 25.4 Å². The fourth-order valence-corrected chi connectivity index (χ4v) is 1.59. The molecule has 0 saturated carbocycles. The molecule has 94 valence electrons. The molecule has 1 aromatic heterocycles. The second kappa shape index (κ2) is 5.74. The second-order valence-electron chi connectivity index (χ2n) is 3.53. The molecule has 1 N–H and O–H groups in total. The largest absolute Gasteiger partial charge is 0.383 e. The van der Waals surface area contributed by atoms with Crippen molar-refractivity contribution in [2.45, 2.75) is 19.9 Å². The van der Waals surface area contributed by atoms with Crippen LogP contribution in [0, 0.1) is 17.0 Å². The Morgan fingerprint density at radius 1 is 1.59 bits per heavy atom. The lowest BCUT2D eigenvalue weighted by atomic mass is 10.3. The lowest BCUT2D eigenvalue weighted by Crippen LogP contribution is -2.22. The van der Waals surface area contributed by atoms with Crippen molar-refractivity contribution in [1.29, 1.82) is 0 Å². The summed E-state index contributed by atoms with van der Waals surface area (Å²) in [7, 11) is 1.55. The predicted molar refractivity (Wildman–Crippen MR) is 63.4 cm³/mol. The van der Waals surface area contributed by atoms with Crippen molar-refractivity contribution in [3.05, 3.63) is 21.1 Å². The van der Waals surface area contributed by atoms with Gasteiger partial charge in [-0.2, -0.15) is 4.98 Å². The van der Waals surface area contributed by atoms with E-state index in [1.165, 1.54) is 6.92 Å².